The van der Waals surface area contributed by atoms with Crippen molar-refractivity contribution >= 4 is 0 Å². The van der Waals surface area contributed by atoms with Crippen LogP contribution < -0.4 is 10.1 Å². The van der Waals surface area contributed by atoms with Crippen molar-refractivity contribution in [2.75, 3.05) is 6.54 Å². The summed E-state index contributed by atoms with van der Waals surface area (Å²) < 4.78 is 10.5. The Kier molecular flexibility index (Phi) is 4.92. The SMILES string of the molecule is CC(C)CNCc1ccc(OCc2ccno2)cn1. The van der Waals surface area contributed by atoms with Crippen molar-refractivity contribution in [3.8, 4) is 5.75 Å². The Morgan fingerprint density at radius 2 is 2.21 bits per heavy atom. The number of pyridine rings is 1. The van der Waals surface area contributed by atoms with Crippen LogP contribution in [0.25, 0.3) is 0 Å². The summed E-state index contributed by atoms with van der Waals surface area (Å²) in [6.45, 7) is 6.50. The van der Waals surface area contributed by atoms with E-state index >= 15 is 0 Å². The molecule has 0 aromatic carbocycles. The summed E-state index contributed by atoms with van der Waals surface area (Å²) in [6, 6.07) is 5.65. The van der Waals surface area contributed by atoms with Crippen LogP contribution in [0.15, 0.2) is 35.1 Å². The van der Waals surface area contributed by atoms with Gasteiger partial charge in [-0.1, -0.05) is 19.0 Å². The molecule has 102 valence electrons. The van der Waals surface area contributed by atoms with Crippen LogP contribution >= 0.6 is 0 Å². The van der Waals surface area contributed by atoms with Gasteiger partial charge in [0.05, 0.1) is 18.1 Å². The molecule has 1 N–H and O–H groups in total. The van der Waals surface area contributed by atoms with Gasteiger partial charge < -0.3 is 14.6 Å². The lowest BCUT2D eigenvalue weighted by Crippen LogP contribution is -2.19. The first-order valence-electron chi connectivity index (χ1n) is 6.42. The maximum atomic E-state index is 5.53. The van der Waals surface area contributed by atoms with Gasteiger partial charge in [-0.25, -0.2) is 0 Å². The van der Waals surface area contributed by atoms with E-state index in [1.165, 1.54) is 0 Å². The van der Waals surface area contributed by atoms with Crippen LogP contribution in [-0.2, 0) is 13.2 Å². The quantitative estimate of drug-likeness (QED) is 0.829. The summed E-state index contributed by atoms with van der Waals surface area (Å²) >= 11 is 0. The predicted molar refractivity (Wildman–Crippen MR) is 71.6 cm³/mol. The lowest BCUT2D eigenvalue weighted by molar-refractivity contribution is 0.248. The van der Waals surface area contributed by atoms with Crippen molar-refractivity contribution in [2.24, 2.45) is 5.92 Å². The zero-order valence-electron chi connectivity index (χ0n) is 11.3. The van der Waals surface area contributed by atoms with Crippen LogP contribution in [-0.4, -0.2) is 16.7 Å². The van der Waals surface area contributed by atoms with Gasteiger partial charge in [-0.05, 0) is 24.6 Å². The molecule has 0 aliphatic rings. The Bertz CT molecular complexity index is 466. The molecule has 0 spiro atoms. The molecule has 5 heteroatoms. The van der Waals surface area contributed by atoms with E-state index in [2.05, 4.69) is 29.3 Å². The highest BCUT2D eigenvalue weighted by Gasteiger charge is 2.01. The third-order valence-electron chi connectivity index (χ3n) is 2.53. The van der Waals surface area contributed by atoms with E-state index < -0.39 is 0 Å². The maximum Gasteiger partial charge on any atom is 0.174 e. The third-order valence-corrected chi connectivity index (χ3v) is 2.53. The van der Waals surface area contributed by atoms with Gasteiger partial charge in [0.15, 0.2) is 5.76 Å². The van der Waals surface area contributed by atoms with Gasteiger partial charge in [-0.15, -0.1) is 0 Å². The van der Waals surface area contributed by atoms with Gasteiger partial charge in [0.25, 0.3) is 0 Å². The van der Waals surface area contributed by atoms with E-state index in [0.717, 1.165) is 24.5 Å². The molecule has 0 bridgehead atoms. The van der Waals surface area contributed by atoms with Crippen LogP contribution in [0.4, 0.5) is 0 Å². The van der Waals surface area contributed by atoms with Crippen molar-refractivity contribution < 1.29 is 9.26 Å². The average Bonchev–Trinajstić information content (AvgIpc) is 2.90. The van der Waals surface area contributed by atoms with Gasteiger partial charge in [0, 0.05) is 12.6 Å². The highest BCUT2D eigenvalue weighted by molar-refractivity contribution is 5.20. The fourth-order valence-corrected chi connectivity index (χ4v) is 1.56. The fraction of sp³-hybridized carbons (Fsp3) is 0.429. The number of nitrogens with one attached hydrogen (secondary N) is 1. The van der Waals surface area contributed by atoms with Crippen LogP contribution in [0.5, 0.6) is 5.75 Å². The Hall–Kier alpha value is -1.88. The minimum atomic E-state index is 0.368. The second-order valence-corrected chi connectivity index (χ2v) is 4.78. The smallest absolute Gasteiger partial charge is 0.174 e. The molecular formula is C14H19N3O2. The van der Waals surface area contributed by atoms with E-state index in [1.807, 2.05) is 12.1 Å². The van der Waals surface area contributed by atoms with Crippen LogP contribution in [0, 0.1) is 5.92 Å². The molecule has 2 aromatic heterocycles. The first-order valence-corrected chi connectivity index (χ1v) is 6.42. The fourth-order valence-electron chi connectivity index (χ4n) is 1.56. The summed E-state index contributed by atoms with van der Waals surface area (Å²) in [5, 5.41) is 6.97. The molecule has 5 nitrogen and oxygen atoms in total. The van der Waals surface area contributed by atoms with Crippen molar-refractivity contribution in [2.45, 2.75) is 27.0 Å². The Morgan fingerprint density at radius 1 is 1.32 bits per heavy atom. The number of hydrogen-bond donors (Lipinski definition) is 1. The zero-order valence-corrected chi connectivity index (χ0v) is 11.3. The van der Waals surface area contributed by atoms with Crippen LogP contribution in [0.1, 0.15) is 25.3 Å². The third kappa shape index (κ3) is 4.71. The molecular weight excluding hydrogens is 242 g/mol. The highest BCUT2D eigenvalue weighted by Crippen LogP contribution is 2.11. The van der Waals surface area contributed by atoms with Crippen molar-refractivity contribution in [1.29, 1.82) is 0 Å². The number of ether oxygens (including phenoxy) is 1. The number of nitrogens with zero attached hydrogens (tertiary/aromatic N) is 2. The van der Waals surface area contributed by atoms with Gasteiger partial charge in [-0.2, -0.15) is 0 Å². The molecule has 0 amide bonds. The van der Waals surface area contributed by atoms with E-state index in [9.17, 15) is 0 Å². The number of aromatic nitrogens is 2. The summed E-state index contributed by atoms with van der Waals surface area (Å²) in [5.74, 6) is 2.07. The van der Waals surface area contributed by atoms with Crippen LogP contribution in [0.3, 0.4) is 0 Å². The zero-order chi connectivity index (χ0) is 13.5. The molecule has 0 radical (unpaired) electrons. The number of hydrogen-bond acceptors (Lipinski definition) is 5. The summed E-state index contributed by atoms with van der Waals surface area (Å²) in [4.78, 5) is 4.34. The summed E-state index contributed by atoms with van der Waals surface area (Å²) in [5.41, 5.74) is 1.01. The highest BCUT2D eigenvalue weighted by atomic mass is 16.5. The van der Waals surface area contributed by atoms with Gasteiger partial charge >= 0.3 is 0 Å². The average molecular weight is 261 g/mol. The second kappa shape index (κ2) is 6.89. The van der Waals surface area contributed by atoms with E-state index in [1.54, 1.807) is 18.5 Å². The standard InChI is InChI=1S/C14H19N3O2/c1-11(2)7-15-8-12-3-4-13(9-16-12)18-10-14-5-6-17-19-14/h3-6,9,11,15H,7-8,10H2,1-2H3. The molecule has 0 aliphatic heterocycles. The Morgan fingerprint density at radius 3 is 2.84 bits per heavy atom. The molecule has 0 saturated carbocycles. The van der Waals surface area contributed by atoms with E-state index in [0.29, 0.717) is 18.3 Å². The molecule has 0 saturated heterocycles. The number of rotatable bonds is 7. The molecule has 0 fully saturated rings. The predicted octanol–water partition coefficient (Wildman–Crippen LogP) is 2.39. The minimum absolute atomic E-state index is 0.368. The maximum absolute atomic E-state index is 5.53. The molecule has 0 aliphatic carbocycles. The van der Waals surface area contributed by atoms with E-state index in [-0.39, 0.29) is 0 Å². The Labute approximate surface area is 113 Å². The van der Waals surface area contributed by atoms with Gasteiger partial charge in [0.1, 0.15) is 12.4 Å². The summed E-state index contributed by atoms with van der Waals surface area (Å²) in [7, 11) is 0. The normalized spacial score (nSPS) is 10.9. The summed E-state index contributed by atoms with van der Waals surface area (Å²) in [6.07, 6.45) is 3.32. The van der Waals surface area contributed by atoms with Crippen molar-refractivity contribution in [1.82, 2.24) is 15.5 Å². The van der Waals surface area contributed by atoms with Crippen LogP contribution in [0.2, 0.25) is 0 Å². The molecule has 0 atom stereocenters. The molecule has 2 heterocycles. The minimum Gasteiger partial charge on any atom is -0.484 e. The van der Waals surface area contributed by atoms with Gasteiger partial charge in [0.2, 0.25) is 0 Å². The molecule has 2 rings (SSSR count). The first-order chi connectivity index (χ1) is 9.24. The Balaban J connectivity index is 1.77. The first kappa shape index (κ1) is 13.5. The lowest BCUT2D eigenvalue weighted by atomic mass is 10.2. The van der Waals surface area contributed by atoms with Crippen molar-refractivity contribution in [3.05, 3.63) is 42.0 Å². The molecule has 2 aromatic rings. The van der Waals surface area contributed by atoms with Gasteiger partial charge in [-0.3, -0.25) is 4.98 Å². The molecule has 0 unspecified atom stereocenters. The van der Waals surface area contributed by atoms with Crippen molar-refractivity contribution in [3.63, 3.8) is 0 Å². The monoisotopic (exact) mass is 261 g/mol. The molecule has 19 heavy (non-hydrogen) atoms. The second-order valence-electron chi connectivity index (χ2n) is 4.78. The largest absolute Gasteiger partial charge is 0.484 e. The van der Waals surface area contributed by atoms with E-state index in [4.69, 9.17) is 9.26 Å². The topological polar surface area (TPSA) is 60.2 Å². The lowest BCUT2D eigenvalue weighted by Gasteiger charge is -2.07.